The topological polar surface area (TPSA) is 96.4 Å². The third-order valence-corrected chi connectivity index (χ3v) is 6.24. The quantitative estimate of drug-likeness (QED) is 0.737. The highest BCUT2D eigenvalue weighted by Crippen LogP contribution is 2.10. The van der Waals surface area contributed by atoms with Crippen LogP contribution in [0.3, 0.4) is 0 Å². The third-order valence-electron chi connectivity index (χ3n) is 3.52. The number of aromatic nitrogens is 1. The van der Waals surface area contributed by atoms with E-state index >= 15 is 0 Å². The van der Waals surface area contributed by atoms with Gasteiger partial charge in [-0.05, 0) is 31.2 Å². The summed E-state index contributed by atoms with van der Waals surface area (Å²) < 4.78 is 51.9. The van der Waals surface area contributed by atoms with Gasteiger partial charge in [-0.2, -0.15) is 4.31 Å². The van der Waals surface area contributed by atoms with E-state index in [9.17, 15) is 16.8 Å². The molecule has 0 radical (unpaired) electrons. The monoisotopic (exact) mass is 383 g/mol. The molecule has 2 rings (SSSR count). The van der Waals surface area contributed by atoms with Crippen molar-refractivity contribution in [1.29, 1.82) is 0 Å². The van der Waals surface area contributed by atoms with Gasteiger partial charge in [0.15, 0.2) is 0 Å². The molecule has 0 aliphatic carbocycles. The molecular weight excluding hydrogens is 362 g/mol. The lowest BCUT2D eigenvalue weighted by Crippen LogP contribution is -2.37. The summed E-state index contributed by atoms with van der Waals surface area (Å²) in [5.74, 6) is 0. The third kappa shape index (κ3) is 5.89. The molecule has 0 unspecified atom stereocenters. The second-order valence-corrected chi connectivity index (χ2v) is 9.38. The molecule has 0 aliphatic heterocycles. The zero-order valence-electron chi connectivity index (χ0n) is 14.1. The van der Waals surface area contributed by atoms with Crippen LogP contribution in [0.5, 0.6) is 0 Å². The molecule has 0 bridgehead atoms. The van der Waals surface area contributed by atoms with Gasteiger partial charge in [-0.3, -0.25) is 4.98 Å². The minimum Gasteiger partial charge on any atom is -0.260 e. The molecule has 7 nitrogen and oxygen atoms in total. The lowest BCUT2D eigenvalue weighted by molar-refractivity contribution is 0.408. The van der Waals surface area contributed by atoms with E-state index in [0.717, 1.165) is 11.8 Å². The Morgan fingerprint density at radius 1 is 1.04 bits per heavy atom. The largest absolute Gasteiger partial charge is 0.260 e. The number of benzene rings is 1. The molecule has 0 atom stereocenters. The molecule has 0 aliphatic rings. The van der Waals surface area contributed by atoms with E-state index in [1.54, 1.807) is 36.5 Å². The van der Waals surface area contributed by atoms with Crippen LogP contribution in [-0.4, -0.2) is 45.5 Å². The van der Waals surface area contributed by atoms with Gasteiger partial charge in [-0.1, -0.05) is 23.8 Å². The fraction of sp³-hybridized carbons (Fsp3) is 0.312. The van der Waals surface area contributed by atoms with Crippen LogP contribution in [0.2, 0.25) is 0 Å². The second kappa shape index (κ2) is 8.05. The van der Waals surface area contributed by atoms with Crippen LogP contribution in [0.15, 0.2) is 53.6 Å². The predicted octanol–water partition coefficient (Wildman–Crippen LogP) is 1.13. The van der Waals surface area contributed by atoms with Gasteiger partial charge in [-0.15, -0.1) is 0 Å². The number of hydrogen-bond donors (Lipinski definition) is 1. The smallest absolute Gasteiger partial charge is 0.240 e. The summed E-state index contributed by atoms with van der Waals surface area (Å²) in [7, 11) is -7.17. The highest BCUT2D eigenvalue weighted by Gasteiger charge is 2.19. The Kier molecular flexibility index (Phi) is 6.28. The van der Waals surface area contributed by atoms with Gasteiger partial charge in [0.05, 0.1) is 23.4 Å². The zero-order chi connectivity index (χ0) is 18.5. The number of hydrogen-bond acceptors (Lipinski definition) is 5. The molecule has 0 amide bonds. The van der Waals surface area contributed by atoms with Crippen LogP contribution in [0, 0.1) is 6.92 Å². The van der Waals surface area contributed by atoms with Crippen LogP contribution in [0.4, 0.5) is 0 Å². The summed E-state index contributed by atoms with van der Waals surface area (Å²) in [4.78, 5) is 4.25. The summed E-state index contributed by atoms with van der Waals surface area (Å²) in [6, 6.07) is 11.7. The average Bonchev–Trinajstić information content (AvgIpc) is 2.54. The van der Waals surface area contributed by atoms with Gasteiger partial charge in [0, 0.05) is 19.3 Å². The number of nitrogens with one attached hydrogen (secondary N) is 1. The molecule has 0 saturated carbocycles. The fourth-order valence-electron chi connectivity index (χ4n) is 2.14. The van der Waals surface area contributed by atoms with Crippen molar-refractivity contribution in [3.63, 3.8) is 0 Å². The SMILES string of the molecule is Cc1ccc(S(=O)(=O)NCCN(Cc2ccccn2)S(C)(=O)=O)cc1. The molecule has 1 aromatic heterocycles. The van der Waals surface area contributed by atoms with Crippen molar-refractivity contribution < 1.29 is 16.8 Å². The molecule has 25 heavy (non-hydrogen) atoms. The maximum absolute atomic E-state index is 12.2. The summed E-state index contributed by atoms with van der Waals surface area (Å²) in [6.45, 7) is 1.94. The van der Waals surface area contributed by atoms with Gasteiger partial charge in [-0.25, -0.2) is 21.6 Å². The number of rotatable bonds is 8. The van der Waals surface area contributed by atoms with Gasteiger partial charge >= 0.3 is 0 Å². The summed E-state index contributed by atoms with van der Waals surface area (Å²) in [5.41, 5.74) is 1.55. The molecule has 1 heterocycles. The molecule has 1 aromatic carbocycles. The van der Waals surface area contributed by atoms with E-state index in [4.69, 9.17) is 0 Å². The Labute approximate surface area is 148 Å². The summed E-state index contributed by atoms with van der Waals surface area (Å²) in [5, 5.41) is 0. The van der Waals surface area contributed by atoms with E-state index < -0.39 is 20.0 Å². The van der Waals surface area contributed by atoms with E-state index in [-0.39, 0.29) is 24.5 Å². The maximum Gasteiger partial charge on any atom is 0.240 e. The van der Waals surface area contributed by atoms with Crippen molar-refractivity contribution in [2.75, 3.05) is 19.3 Å². The first-order chi connectivity index (χ1) is 11.7. The normalized spacial score (nSPS) is 12.4. The van der Waals surface area contributed by atoms with E-state index in [2.05, 4.69) is 9.71 Å². The van der Waals surface area contributed by atoms with Crippen LogP contribution < -0.4 is 4.72 Å². The number of nitrogens with zero attached hydrogens (tertiary/aromatic N) is 2. The van der Waals surface area contributed by atoms with E-state index in [0.29, 0.717) is 5.69 Å². The van der Waals surface area contributed by atoms with Crippen LogP contribution in [-0.2, 0) is 26.6 Å². The van der Waals surface area contributed by atoms with Crippen molar-refractivity contribution >= 4 is 20.0 Å². The Morgan fingerprint density at radius 3 is 2.28 bits per heavy atom. The second-order valence-electron chi connectivity index (χ2n) is 5.63. The number of aryl methyl sites for hydroxylation is 1. The van der Waals surface area contributed by atoms with Gasteiger partial charge in [0.25, 0.3) is 0 Å². The molecular formula is C16H21N3O4S2. The van der Waals surface area contributed by atoms with E-state index in [1.807, 2.05) is 6.92 Å². The highest BCUT2D eigenvalue weighted by atomic mass is 32.2. The van der Waals surface area contributed by atoms with Gasteiger partial charge < -0.3 is 0 Å². The Bertz CT molecular complexity index is 896. The fourth-order valence-corrected chi connectivity index (χ4v) is 3.95. The van der Waals surface area contributed by atoms with Crippen molar-refractivity contribution in [1.82, 2.24) is 14.0 Å². The van der Waals surface area contributed by atoms with Crippen molar-refractivity contribution in [3.8, 4) is 0 Å². The molecule has 9 heteroatoms. The number of pyridine rings is 1. The Hall–Kier alpha value is -1.81. The molecule has 2 aromatic rings. The van der Waals surface area contributed by atoms with Gasteiger partial charge in [0.1, 0.15) is 0 Å². The molecule has 0 spiro atoms. The minimum atomic E-state index is -3.68. The first kappa shape index (κ1) is 19.5. The molecule has 1 N–H and O–H groups in total. The Morgan fingerprint density at radius 2 is 1.72 bits per heavy atom. The maximum atomic E-state index is 12.2. The first-order valence-electron chi connectivity index (χ1n) is 7.60. The summed E-state index contributed by atoms with van der Waals surface area (Å²) in [6.07, 6.45) is 2.67. The average molecular weight is 383 g/mol. The molecule has 0 saturated heterocycles. The minimum absolute atomic E-state index is 0.0144. The molecule has 136 valence electrons. The van der Waals surface area contributed by atoms with Crippen molar-refractivity contribution in [2.45, 2.75) is 18.4 Å². The first-order valence-corrected chi connectivity index (χ1v) is 10.9. The number of sulfonamides is 2. The van der Waals surface area contributed by atoms with Crippen molar-refractivity contribution in [3.05, 3.63) is 59.9 Å². The lowest BCUT2D eigenvalue weighted by atomic mass is 10.2. The molecule has 0 fully saturated rings. The van der Waals surface area contributed by atoms with Crippen LogP contribution in [0.25, 0.3) is 0 Å². The predicted molar refractivity (Wildman–Crippen MR) is 95.9 cm³/mol. The van der Waals surface area contributed by atoms with Crippen molar-refractivity contribution in [2.24, 2.45) is 0 Å². The standard InChI is InChI=1S/C16H21N3O4S2/c1-14-6-8-16(9-7-14)25(22,23)18-11-12-19(24(2,20)21)13-15-5-3-4-10-17-15/h3-10,18H,11-13H2,1-2H3. The zero-order valence-corrected chi connectivity index (χ0v) is 15.7. The van der Waals surface area contributed by atoms with Crippen LogP contribution in [0.1, 0.15) is 11.3 Å². The van der Waals surface area contributed by atoms with E-state index in [1.165, 1.54) is 16.4 Å². The lowest BCUT2D eigenvalue weighted by Gasteiger charge is -2.19. The van der Waals surface area contributed by atoms with Gasteiger partial charge in [0.2, 0.25) is 20.0 Å². The highest BCUT2D eigenvalue weighted by molar-refractivity contribution is 7.89. The summed E-state index contributed by atoms with van der Waals surface area (Å²) >= 11 is 0. The van der Waals surface area contributed by atoms with Crippen LogP contribution >= 0.6 is 0 Å². The Balaban J connectivity index is 2.02.